The predicted octanol–water partition coefficient (Wildman–Crippen LogP) is 3.02. The first-order valence-electron chi connectivity index (χ1n) is 11.3. The maximum Gasteiger partial charge on any atom is 0.265 e. The Bertz CT molecular complexity index is 881. The first-order valence-corrected chi connectivity index (χ1v) is 11.3. The smallest absolute Gasteiger partial charge is 0.265 e. The third-order valence-electron chi connectivity index (χ3n) is 5.95. The minimum Gasteiger partial charge on any atom is -0.477 e. The summed E-state index contributed by atoms with van der Waals surface area (Å²) in [5.74, 6) is 0.664. The van der Waals surface area contributed by atoms with Crippen LogP contribution in [0.1, 0.15) is 31.2 Å². The summed E-state index contributed by atoms with van der Waals surface area (Å²) in [6.07, 6.45) is 4.53. The Labute approximate surface area is 184 Å². The van der Waals surface area contributed by atoms with Crippen molar-refractivity contribution in [2.75, 3.05) is 37.6 Å². The molecule has 1 atom stereocenters. The molecule has 2 aliphatic heterocycles. The summed E-state index contributed by atoms with van der Waals surface area (Å²) in [4.78, 5) is 29.5. The van der Waals surface area contributed by atoms with E-state index in [9.17, 15) is 9.59 Å². The van der Waals surface area contributed by atoms with Gasteiger partial charge in [0.15, 0.2) is 6.10 Å². The van der Waals surface area contributed by atoms with Crippen LogP contribution in [0.3, 0.4) is 0 Å². The molecule has 2 heterocycles. The quantitative estimate of drug-likeness (QED) is 0.698. The lowest BCUT2D eigenvalue weighted by atomic mass is 10.1. The van der Waals surface area contributed by atoms with Gasteiger partial charge in [0.1, 0.15) is 5.75 Å². The third-order valence-corrected chi connectivity index (χ3v) is 5.95. The molecule has 2 aliphatic rings. The van der Waals surface area contributed by atoms with Crippen molar-refractivity contribution < 1.29 is 14.3 Å². The molecule has 2 aromatic carbocycles. The molecule has 0 aliphatic carbocycles. The lowest BCUT2D eigenvalue weighted by Crippen LogP contribution is -2.53. The van der Waals surface area contributed by atoms with Gasteiger partial charge in [0.25, 0.3) is 5.91 Å². The van der Waals surface area contributed by atoms with Crippen molar-refractivity contribution in [3.8, 4) is 5.75 Å². The van der Waals surface area contributed by atoms with E-state index in [0.717, 1.165) is 44.5 Å². The van der Waals surface area contributed by atoms with Crippen molar-refractivity contribution in [3.05, 3.63) is 60.2 Å². The molecule has 6 heteroatoms. The van der Waals surface area contributed by atoms with Crippen LogP contribution in [0.2, 0.25) is 0 Å². The molecular weight excluding hydrogens is 390 g/mol. The fourth-order valence-electron chi connectivity index (χ4n) is 4.30. The zero-order chi connectivity index (χ0) is 21.5. The van der Waals surface area contributed by atoms with Crippen molar-refractivity contribution in [2.24, 2.45) is 0 Å². The molecule has 0 unspecified atom stereocenters. The number of anilines is 1. The monoisotopic (exact) mass is 421 g/mol. The topological polar surface area (TPSA) is 61.9 Å². The Morgan fingerprint density at radius 3 is 2.52 bits per heavy atom. The number of carbonyl (C=O) groups excluding carboxylic acids is 2. The van der Waals surface area contributed by atoms with Gasteiger partial charge in [-0.25, -0.2) is 0 Å². The van der Waals surface area contributed by atoms with E-state index in [-0.39, 0.29) is 18.4 Å². The minimum atomic E-state index is -0.570. The number of hydrogen-bond donors (Lipinski definition) is 1. The Morgan fingerprint density at radius 1 is 0.968 bits per heavy atom. The van der Waals surface area contributed by atoms with Crippen LogP contribution >= 0.6 is 0 Å². The number of para-hydroxylation sites is 2. The van der Waals surface area contributed by atoms with Gasteiger partial charge in [-0.3, -0.25) is 9.59 Å². The summed E-state index contributed by atoms with van der Waals surface area (Å²) < 4.78 is 6.04. The van der Waals surface area contributed by atoms with Gasteiger partial charge < -0.3 is 19.9 Å². The van der Waals surface area contributed by atoms with Crippen LogP contribution in [0.15, 0.2) is 54.6 Å². The van der Waals surface area contributed by atoms with Gasteiger partial charge in [0.05, 0.1) is 18.8 Å². The van der Waals surface area contributed by atoms with Gasteiger partial charge in [0, 0.05) is 19.6 Å². The highest BCUT2D eigenvalue weighted by atomic mass is 16.5. The van der Waals surface area contributed by atoms with Gasteiger partial charge in [-0.1, -0.05) is 42.5 Å². The van der Waals surface area contributed by atoms with Gasteiger partial charge >= 0.3 is 0 Å². The van der Waals surface area contributed by atoms with Crippen molar-refractivity contribution in [1.82, 2.24) is 10.2 Å². The van der Waals surface area contributed by atoms with E-state index in [1.165, 1.54) is 12.0 Å². The number of nitrogens with one attached hydrogen (secondary N) is 1. The number of likely N-dealkylation sites (tertiary alicyclic amines) is 1. The van der Waals surface area contributed by atoms with E-state index in [0.29, 0.717) is 18.8 Å². The molecular formula is C25H31N3O3. The number of amides is 2. The molecule has 4 rings (SSSR count). The molecule has 0 aromatic heterocycles. The highest BCUT2D eigenvalue weighted by Crippen LogP contribution is 2.33. The first kappa shape index (κ1) is 21.2. The molecule has 1 saturated heterocycles. The number of ether oxygens (including phenoxy) is 1. The lowest BCUT2D eigenvalue weighted by molar-refractivity contribution is -0.139. The molecule has 0 bridgehead atoms. The Balaban J connectivity index is 1.33. The third kappa shape index (κ3) is 5.57. The highest BCUT2D eigenvalue weighted by molar-refractivity contribution is 5.86. The van der Waals surface area contributed by atoms with E-state index < -0.39 is 6.10 Å². The summed E-state index contributed by atoms with van der Waals surface area (Å²) in [5, 5.41) is 3.02. The van der Waals surface area contributed by atoms with E-state index >= 15 is 0 Å². The molecule has 1 fully saturated rings. The average Bonchev–Trinajstić information content (AvgIpc) is 2.82. The molecule has 0 spiro atoms. The summed E-state index contributed by atoms with van der Waals surface area (Å²) in [6, 6.07) is 17.9. The number of fused-ring (bicyclic) bond motifs is 1. The number of piperidine rings is 1. The van der Waals surface area contributed by atoms with Crippen molar-refractivity contribution in [3.63, 3.8) is 0 Å². The van der Waals surface area contributed by atoms with E-state index in [1.54, 1.807) is 0 Å². The largest absolute Gasteiger partial charge is 0.477 e. The van der Waals surface area contributed by atoms with E-state index in [2.05, 4.69) is 17.4 Å². The van der Waals surface area contributed by atoms with Crippen LogP contribution in [0.5, 0.6) is 5.75 Å². The normalized spacial score (nSPS) is 18.1. The Hall–Kier alpha value is -3.02. The Morgan fingerprint density at radius 2 is 1.71 bits per heavy atom. The highest BCUT2D eigenvalue weighted by Gasteiger charge is 2.34. The summed E-state index contributed by atoms with van der Waals surface area (Å²) in [6.45, 7) is 2.83. The van der Waals surface area contributed by atoms with Gasteiger partial charge in [-0.2, -0.15) is 0 Å². The van der Waals surface area contributed by atoms with E-state index in [4.69, 9.17) is 4.74 Å². The summed E-state index contributed by atoms with van der Waals surface area (Å²) in [7, 11) is 0. The van der Waals surface area contributed by atoms with Crippen LogP contribution in [0.4, 0.5) is 5.69 Å². The summed E-state index contributed by atoms with van der Waals surface area (Å²) in [5.41, 5.74) is 2.14. The van der Waals surface area contributed by atoms with Gasteiger partial charge in [-0.15, -0.1) is 0 Å². The maximum absolute atomic E-state index is 13.0. The van der Waals surface area contributed by atoms with E-state index in [1.807, 2.05) is 52.3 Å². The second kappa shape index (κ2) is 10.3. The fourth-order valence-corrected chi connectivity index (χ4v) is 4.30. The maximum atomic E-state index is 13.0. The van der Waals surface area contributed by atoms with Crippen molar-refractivity contribution in [1.29, 1.82) is 0 Å². The van der Waals surface area contributed by atoms with Gasteiger partial charge in [0.2, 0.25) is 5.91 Å². The molecule has 31 heavy (non-hydrogen) atoms. The van der Waals surface area contributed by atoms with Gasteiger partial charge in [-0.05, 0) is 49.8 Å². The molecule has 2 amide bonds. The van der Waals surface area contributed by atoms with Crippen LogP contribution in [-0.4, -0.2) is 55.5 Å². The summed E-state index contributed by atoms with van der Waals surface area (Å²) >= 11 is 0. The fraction of sp³-hybridized carbons (Fsp3) is 0.440. The molecule has 164 valence electrons. The molecule has 1 N–H and O–H groups in total. The van der Waals surface area contributed by atoms with Crippen LogP contribution in [0, 0.1) is 0 Å². The Kier molecular flexibility index (Phi) is 7.07. The number of hydrogen-bond acceptors (Lipinski definition) is 4. The molecule has 6 nitrogen and oxygen atoms in total. The van der Waals surface area contributed by atoms with Crippen molar-refractivity contribution >= 4 is 17.5 Å². The first-order chi connectivity index (χ1) is 15.2. The zero-order valence-corrected chi connectivity index (χ0v) is 18.0. The zero-order valence-electron chi connectivity index (χ0n) is 18.0. The molecule has 2 aromatic rings. The molecule has 0 saturated carbocycles. The lowest BCUT2D eigenvalue weighted by Gasteiger charge is -2.38. The predicted molar refractivity (Wildman–Crippen MR) is 121 cm³/mol. The average molecular weight is 422 g/mol. The number of rotatable bonds is 7. The number of aryl methyl sites for hydroxylation is 1. The number of benzene rings is 2. The standard InChI is InChI=1S/C25H31N3O3/c29-24(26-15-9-12-20-10-3-1-4-11-20)19-28-18-23(25(30)27-16-7-2-8-17-27)31-22-14-6-5-13-21(22)28/h1,3-6,10-11,13-14,23H,2,7-9,12,15-19H2,(H,26,29)/t23-/m1/s1. The number of carbonyl (C=O) groups is 2. The second-order valence-corrected chi connectivity index (χ2v) is 8.28. The van der Waals surface area contributed by atoms with Crippen LogP contribution in [0.25, 0.3) is 0 Å². The second-order valence-electron chi connectivity index (χ2n) is 8.28. The van der Waals surface area contributed by atoms with Crippen molar-refractivity contribution in [2.45, 2.75) is 38.2 Å². The number of nitrogens with zero attached hydrogens (tertiary/aromatic N) is 2. The SMILES string of the molecule is O=C(CN1C[C@H](C(=O)N2CCCCC2)Oc2ccccc21)NCCCc1ccccc1. The molecule has 0 radical (unpaired) electrons. The van der Waals surface area contributed by atoms with Crippen LogP contribution < -0.4 is 15.0 Å². The van der Waals surface area contributed by atoms with Crippen LogP contribution in [-0.2, 0) is 16.0 Å². The minimum absolute atomic E-state index is 0.0301.